The molecule has 1 heterocycles. The van der Waals surface area contributed by atoms with Gasteiger partial charge in [-0.1, -0.05) is 6.08 Å². The van der Waals surface area contributed by atoms with Gasteiger partial charge >= 0.3 is 12.0 Å². The van der Waals surface area contributed by atoms with Gasteiger partial charge in [0.2, 0.25) is 0 Å². The van der Waals surface area contributed by atoms with Crippen molar-refractivity contribution in [3.05, 3.63) is 12.7 Å². The van der Waals surface area contributed by atoms with Crippen LogP contribution in [0.4, 0.5) is 4.79 Å². The summed E-state index contributed by atoms with van der Waals surface area (Å²) in [4.78, 5) is 26.2. The molecule has 1 fully saturated rings. The Bertz CT molecular complexity index is 317. The third-order valence-electron chi connectivity index (χ3n) is 3.20. The number of carboxylic acids is 1. The number of aliphatic carboxylic acids is 1. The Balaban J connectivity index is 2.60. The fourth-order valence-corrected chi connectivity index (χ4v) is 2.17. The van der Waals surface area contributed by atoms with E-state index in [4.69, 9.17) is 5.11 Å². The van der Waals surface area contributed by atoms with Gasteiger partial charge in [0.05, 0.1) is 5.92 Å². The van der Waals surface area contributed by atoms with E-state index in [0.29, 0.717) is 25.9 Å². The Labute approximate surface area is 102 Å². The number of urea groups is 1. The summed E-state index contributed by atoms with van der Waals surface area (Å²) < 4.78 is 0. The lowest BCUT2D eigenvalue weighted by molar-refractivity contribution is -0.143. The molecule has 1 N–H and O–H groups in total. The van der Waals surface area contributed by atoms with Gasteiger partial charge in [-0.25, -0.2) is 4.79 Å². The minimum atomic E-state index is -0.761. The molecule has 2 atom stereocenters. The van der Waals surface area contributed by atoms with Crippen LogP contribution in [0.5, 0.6) is 0 Å². The first kappa shape index (κ1) is 13.5. The third kappa shape index (κ3) is 3.22. The highest BCUT2D eigenvalue weighted by atomic mass is 16.4. The first-order valence-electron chi connectivity index (χ1n) is 5.82. The van der Waals surface area contributed by atoms with Crippen LogP contribution in [0, 0.1) is 5.92 Å². The molecule has 2 amide bonds. The maximum Gasteiger partial charge on any atom is 0.320 e. The Hall–Kier alpha value is -1.52. The highest BCUT2D eigenvalue weighted by Gasteiger charge is 2.33. The van der Waals surface area contributed by atoms with E-state index in [-0.39, 0.29) is 18.0 Å². The van der Waals surface area contributed by atoms with E-state index in [0.717, 1.165) is 0 Å². The van der Waals surface area contributed by atoms with Crippen molar-refractivity contribution < 1.29 is 14.7 Å². The van der Waals surface area contributed by atoms with E-state index in [1.165, 1.54) is 0 Å². The number of likely N-dealkylation sites (tertiary alicyclic amines) is 1. The number of nitrogens with zero attached hydrogens (tertiary/aromatic N) is 2. The number of carbonyl (C=O) groups is 2. The molecule has 17 heavy (non-hydrogen) atoms. The minimum Gasteiger partial charge on any atom is -0.481 e. The molecule has 0 saturated carbocycles. The predicted octanol–water partition coefficient (Wildman–Crippen LogP) is 1.41. The number of carboxylic acid groups (broad SMARTS) is 1. The Kier molecular flexibility index (Phi) is 4.54. The Morgan fingerprint density at radius 1 is 1.59 bits per heavy atom. The van der Waals surface area contributed by atoms with Crippen LogP contribution < -0.4 is 0 Å². The minimum absolute atomic E-state index is 0.0235. The maximum absolute atomic E-state index is 12.0. The lowest BCUT2D eigenvalue weighted by Crippen LogP contribution is -2.50. The number of carbonyl (C=O) groups excluding carboxylic acids is 1. The summed E-state index contributed by atoms with van der Waals surface area (Å²) in [6.07, 6.45) is 2.74. The van der Waals surface area contributed by atoms with Crippen LogP contribution in [0.25, 0.3) is 0 Å². The van der Waals surface area contributed by atoms with Crippen molar-refractivity contribution in [3.63, 3.8) is 0 Å². The number of likely N-dealkylation sites (N-methyl/N-ethyl adjacent to an activating group) is 1. The molecule has 2 unspecified atom stereocenters. The first-order chi connectivity index (χ1) is 7.97. The molecule has 96 valence electrons. The number of hydrogen-bond acceptors (Lipinski definition) is 2. The molecular formula is C12H20N2O3. The zero-order chi connectivity index (χ0) is 13.0. The Morgan fingerprint density at radius 3 is 2.71 bits per heavy atom. The number of hydrogen-bond donors (Lipinski definition) is 1. The average molecular weight is 240 g/mol. The van der Waals surface area contributed by atoms with E-state index in [2.05, 4.69) is 6.58 Å². The van der Waals surface area contributed by atoms with Crippen LogP contribution in [0.3, 0.4) is 0 Å². The smallest absolute Gasteiger partial charge is 0.320 e. The van der Waals surface area contributed by atoms with Gasteiger partial charge in [0.25, 0.3) is 0 Å². The van der Waals surface area contributed by atoms with E-state index >= 15 is 0 Å². The van der Waals surface area contributed by atoms with Crippen LogP contribution in [0.1, 0.15) is 19.8 Å². The molecule has 0 aromatic rings. The summed E-state index contributed by atoms with van der Waals surface area (Å²) >= 11 is 0. The van der Waals surface area contributed by atoms with Crippen molar-refractivity contribution in [1.29, 1.82) is 0 Å². The van der Waals surface area contributed by atoms with Gasteiger partial charge in [0.15, 0.2) is 0 Å². The van der Waals surface area contributed by atoms with E-state index < -0.39 is 5.97 Å². The van der Waals surface area contributed by atoms with Gasteiger partial charge in [-0.3, -0.25) is 4.79 Å². The molecule has 0 aromatic heterocycles. The number of rotatable bonds is 3. The summed E-state index contributed by atoms with van der Waals surface area (Å²) in [6, 6.07) is -0.0779. The maximum atomic E-state index is 12.0. The van der Waals surface area contributed by atoms with Gasteiger partial charge in [-0.05, 0) is 19.8 Å². The topological polar surface area (TPSA) is 60.9 Å². The molecule has 0 bridgehead atoms. The van der Waals surface area contributed by atoms with Crippen molar-refractivity contribution in [2.24, 2.45) is 5.92 Å². The standard InChI is InChI=1S/C12H20N2O3/c1-4-6-13(3)12(17)14-7-5-10(11(15)16)8-9(14)2/h4,9-10H,1,5-8H2,2-3H3,(H,15,16). The molecule has 0 aromatic carbocycles. The monoisotopic (exact) mass is 240 g/mol. The van der Waals surface area contributed by atoms with Crippen molar-refractivity contribution in [3.8, 4) is 0 Å². The molecule has 1 rings (SSSR count). The molecular weight excluding hydrogens is 220 g/mol. The number of piperidine rings is 1. The normalized spacial score (nSPS) is 24.2. The van der Waals surface area contributed by atoms with Crippen molar-refractivity contribution in [2.45, 2.75) is 25.8 Å². The molecule has 1 aliphatic heterocycles. The van der Waals surface area contributed by atoms with E-state index in [1.54, 1.807) is 22.9 Å². The van der Waals surface area contributed by atoms with Crippen LogP contribution in [0.15, 0.2) is 12.7 Å². The second kappa shape index (κ2) is 5.70. The molecule has 0 spiro atoms. The van der Waals surface area contributed by atoms with E-state index in [1.807, 2.05) is 6.92 Å². The lowest BCUT2D eigenvalue weighted by Gasteiger charge is -2.38. The van der Waals surface area contributed by atoms with Gasteiger partial charge < -0.3 is 14.9 Å². The first-order valence-corrected chi connectivity index (χ1v) is 5.82. The SMILES string of the molecule is C=CCN(C)C(=O)N1CCC(C(=O)O)CC1C. The lowest BCUT2D eigenvalue weighted by atomic mass is 9.92. The zero-order valence-electron chi connectivity index (χ0n) is 10.4. The van der Waals surface area contributed by atoms with E-state index in [9.17, 15) is 9.59 Å². The summed E-state index contributed by atoms with van der Waals surface area (Å²) in [6.45, 7) is 6.51. The fourth-order valence-electron chi connectivity index (χ4n) is 2.17. The molecule has 1 aliphatic rings. The van der Waals surface area contributed by atoms with Crippen LogP contribution in [-0.4, -0.2) is 53.1 Å². The van der Waals surface area contributed by atoms with Gasteiger partial charge in [0.1, 0.15) is 0 Å². The van der Waals surface area contributed by atoms with Crippen molar-refractivity contribution >= 4 is 12.0 Å². The summed E-state index contributed by atoms with van der Waals surface area (Å²) in [7, 11) is 1.72. The number of amides is 2. The molecule has 5 heteroatoms. The molecule has 0 radical (unpaired) electrons. The fraction of sp³-hybridized carbons (Fsp3) is 0.667. The second-order valence-corrected chi connectivity index (χ2v) is 4.55. The summed E-state index contributed by atoms with van der Waals surface area (Å²) in [5.74, 6) is -1.08. The molecule has 1 saturated heterocycles. The van der Waals surface area contributed by atoms with Crippen molar-refractivity contribution in [2.75, 3.05) is 20.1 Å². The highest BCUT2D eigenvalue weighted by molar-refractivity contribution is 5.76. The zero-order valence-corrected chi connectivity index (χ0v) is 10.4. The third-order valence-corrected chi connectivity index (χ3v) is 3.20. The predicted molar refractivity (Wildman–Crippen MR) is 64.8 cm³/mol. The van der Waals surface area contributed by atoms with Crippen LogP contribution in [0.2, 0.25) is 0 Å². The van der Waals surface area contributed by atoms with Gasteiger partial charge in [-0.15, -0.1) is 6.58 Å². The molecule has 0 aliphatic carbocycles. The van der Waals surface area contributed by atoms with Gasteiger partial charge in [-0.2, -0.15) is 0 Å². The van der Waals surface area contributed by atoms with Gasteiger partial charge in [0, 0.05) is 26.2 Å². The average Bonchev–Trinajstić information content (AvgIpc) is 2.28. The van der Waals surface area contributed by atoms with Crippen LogP contribution in [-0.2, 0) is 4.79 Å². The van der Waals surface area contributed by atoms with Crippen LogP contribution >= 0.6 is 0 Å². The second-order valence-electron chi connectivity index (χ2n) is 4.55. The largest absolute Gasteiger partial charge is 0.481 e. The van der Waals surface area contributed by atoms with Crippen molar-refractivity contribution in [1.82, 2.24) is 9.80 Å². The summed E-state index contributed by atoms with van der Waals surface area (Å²) in [5.41, 5.74) is 0. The quantitative estimate of drug-likeness (QED) is 0.759. The molecule has 5 nitrogen and oxygen atoms in total. The summed E-state index contributed by atoms with van der Waals surface area (Å²) in [5, 5.41) is 8.95. The highest BCUT2D eigenvalue weighted by Crippen LogP contribution is 2.23. The Morgan fingerprint density at radius 2 is 2.24 bits per heavy atom.